The minimum absolute atomic E-state index is 0.0424. The van der Waals surface area contributed by atoms with Gasteiger partial charge in [-0.3, -0.25) is 9.59 Å². The number of carbonyl (C=O) groups is 4. The van der Waals surface area contributed by atoms with Crippen LogP contribution in [0.2, 0.25) is 0 Å². The number of para-hydroxylation sites is 2. The molecule has 10 nitrogen and oxygen atoms in total. The number of anilines is 2. The maximum Gasteiger partial charge on any atom is 0.355 e. The molecule has 1 radical (unpaired) electrons. The lowest BCUT2D eigenvalue weighted by molar-refractivity contribution is -0.136. The van der Waals surface area contributed by atoms with E-state index < -0.39 is 41.5 Å². The van der Waals surface area contributed by atoms with Crippen LogP contribution in [0.3, 0.4) is 0 Å². The van der Waals surface area contributed by atoms with E-state index in [1.54, 1.807) is 74.5 Å². The van der Waals surface area contributed by atoms with Gasteiger partial charge >= 0.3 is 11.9 Å². The van der Waals surface area contributed by atoms with E-state index in [2.05, 4.69) is 10.2 Å². The highest BCUT2D eigenvalue weighted by molar-refractivity contribution is 6.46. The molecule has 2 aromatic rings. The van der Waals surface area contributed by atoms with Crippen LogP contribution in [0.4, 0.5) is 11.4 Å². The Bertz CT molecular complexity index is 1180. The summed E-state index contributed by atoms with van der Waals surface area (Å²) in [6.07, 6.45) is 1.12. The fourth-order valence-electron chi connectivity index (χ4n) is 4.30. The highest BCUT2D eigenvalue weighted by Gasteiger charge is 2.53. The monoisotopic (exact) mass is 501 g/mol. The third kappa shape index (κ3) is 4.77. The van der Waals surface area contributed by atoms with Gasteiger partial charge in [0.05, 0.1) is 36.4 Å². The van der Waals surface area contributed by atoms with E-state index in [0.717, 1.165) is 16.1 Å². The summed E-state index contributed by atoms with van der Waals surface area (Å²) in [5, 5.41) is 10.7. The number of benzene rings is 2. The normalized spacial score (nSPS) is 19.8. The van der Waals surface area contributed by atoms with E-state index in [1.807, 2.05) is 0 Å². The number of ether oxygens (including phenoxy) is 2. The fourth-order valence-corrected chi connectivity index (χ4v) is 4.30. The summed E-state index contributed by atoms with van der Waals surface area (Å²) in [5.74, 6) is -6.64. The summed E-state index contributed by atoms with van der Waals surface area (Å²) in [7, 11) is 0. The first-order valence-electron chi connectivity index (χ1n) is 11.8. The van der Waals surface area contributed by atoms with Crippen LogP contribution >= 0.6 is 0 Å². The van der Waals surface area contributed by atoms with E-state index in [-0.39, 0.29) is 24.6 Å². The molecule has 2 amide bonds. The Balaban J connectivity index is 1.79. The van der Waals surface area contributed by atoms with Crippen molar-refractivity contribution in [1.82, 2.24) is 0 Å². The van der Waals surface area contributed by atoms with Gasteiger partial charge in [-0.2, -0.15) is 20.2 Å². The second-order valence-corrected chi connectivity index (χ2v) is 8.11. The lowest BCUT2D eigenvalue weighted by Crippen LogP contribution is -2.44. The molecule has 4 rings (SSSR count). The summed E-state index contributed by atoms with van der Waals surface area (Å²) in [4.78, 5) is 53.2. The summed E-state index contributed by atoms with van der Waals surface area (Å²) in [6, 6.07) is 17.0. The number of amides is 2. The summed E-state index contributed by atoms with van der Waals surface area (Å²) in [5.41, 5.74) is 0.374. The lowest BCUT2D eigenvalue weighted by Gasteiger charge is -2.25. The van der Waals surface area contributed by atoms with Crippen molar-refractivity contribution in [3.8, 4) is 0 Å². The zero-order valence-corrected chi connectivity index (χ0v) is 20.3. The molecule has 2 heterocycles. The van der Waals surface area contributed by atoms with Crippen molar-refractivity contribution in [3.63, 3.8) is 0 Å². The van der Waals surface area contributed by atoms with Crippen molar-refractivity contribution in [1.29, 1.82) is 0 Å². The molecular formula is C27H25N4O6. The van der Waals surface area contributed by atoms with Crippen molar-refractivity contribution in [2.75, 3.05) is 23.2 Å². The molecule has 0 saturated heterocycles. The first-order chi connectivity index (χ1) is 17.9. The third-order valence-corrected chi connectivity index (χ3v) is 5.92. The quantitative estimate of drug-likeness (QED) is 0.488. The molecule has 0 aliphatic carbocycles. The van der Waals surface area contributed by atoms with Crippen LogP contribution in [-0.4, -0.2) is 48.4 Å². The van der Waals surface area contributed by atoms with E-state index in [4.69, 9.17) is 16.1 Å². The Labute approximate surface area is 213 Å². The Hall–Kier alpha value is -4.60. The SMILES string of the molecule is [CH]=CC(C1C(=O)N(c2ccccc2)N=C1C(=O)OCC)C1C(=O)N(c2ccccc2)N=C1C(=O)OCC. The highest BCUT2D eigenvalue weighted by Crippen LogP contribution is 2.38. The van der Waals surface area contributed by atoms with Crippen LogP contribution in [0.1, 0.15) is 13.8 Å². The number of rotatable bonds is 9. The Morgan fingerprint density at radius 2 is 1.19 bits per heavy atom. The molecule has 2 aliphatic heterocycles. The van der Waals surface area contributed by atoms with Gasteiger partial charge in [0.15, 0.2) is 11.4 Å². The molecule has 2 aliphatic rings. The molecular weight excluding hydrogens is 476 g/mol. The summed E-state index contributed by atoms with van der Waals surface area (Å²) in [6.45, 7) is 9.34. The standard InChI is InChI=1S/C27H25N4O6/c1-4-19(20-22(26(34)36-5-2)28-30(24(20)32)17-13-9-7-10-14-17)21-23(27(35)37-6-3)29-31(25(21)33)18-15-11-8-12-16-18/h1,4,7-16,19-21H,5-6H2,2-3H3. The number of nitrogens with zero attached hydrogens (tertiary/aromatic N) is 4. The van der Waals surface area contributed by atoms with Gasteiger partial charge in [0.1, 0.15) is 0 Å². The van der Waals surface area contributed by atoms with Gasteiger partial charge in [-0.1, -0.05) is 49.1 Å². The fraction of sp³-hybridized carbons (Fsp3) is 0.259. The van der Waals surface area contributed by atoms with Gasteiger partial charge in [0.2, 0.25) is 0 Å². The van der Waals surface area contributed by atoms with Crippen LogP contribution < -0.4 is 10.0 Å². The second-order valence-electron chi connectivity index (χ2n) is 8.11. The van der Waals surface area contributed by atoms with Crippen LogP contribution in [-0.2, 0) is 28.7 Å². The maximum atomic E-state index is 13.7. The third-order valence-electron chi connectivity index (χ3n) is 5.92. The molecule has 0 N–H and O–H groups in total. The Morgan fingerprint density at radius 1 is 0.811 bits per heavy atom. The number of hydrazone groups is 2. The van der Waals surface area contributed by atoms with Gasteiger partial charge in [-0.25, -0.2) is 9.59 Å². The molecule has 189 valence electrons. The lowest BCUT2D eigenvalue weighted by atomic mass is 9.76. The van der Waals surface area contributed by atoms with E-state index in [9.17, 15) is 19.2 Å². The van der Waals surface area contributed by atoms with E-state index in [1.165, 1.54) is 0 Å². The van der Waals surface area contributed by atoms with Gasteiger partial charge in [-0.15, -0.1) is 0 Å². The second kappa shape index (κ2) is 11.0. The van der Waals surface area contributed by atoms with Crippen molar-refractivity contribution < 1.29 is 28.7 Å². The largest absolute Gasteiger partial charge is 0.461 e. The van der Waals surface area contributed by atoms with Crippen molar-refractivity contribution in [3.05, 3.63) is 73.3 Å². The Kier molecular flexibility index (Phi) is 7.57. The first kappa shape index (κ1) is 25.5. The predicted octanol–water partition coefficient (Wildman–Crippen LogP) is 2.76. The molecule has 0 bridgehead atoms. The number of esters is 2. The highest BCUT2D eigenvalue weighted by atomic mass is 16.5. The van der Waals surface area contributed by atoms with Crippen molar-refractivity contribution >= 4 is 46.6 Å². The van der Waals surface area contributed by atoms with Gasteiger partial charge in [0, 0.05) is 5.92 Å². The molecule has 2 unspecified atom stereocenters. The maximum absolute atomic E-state index is 13.7. The molecule has 0 saturated carbocycles. The molecule has 0 fully saturated rings. The zero-order valence-electron chi connectivity index (χ0n) is 20.3. The molecule has 0 aromatic heterocycles. The van der Waals surface area contributed by atoms with Crippen LogP contribution in [0, 0.1) is 24.3 Å². The van der Waals surface area contributed by atoms with Crippen molar-refractivity contribution in [2.24, 2.45) is 28.0 Å². The van der Waals surface area contributed by atoms with Crippen LogP contribution in [0.25, 0.3) is 0 Å². The average Bonchev–Trinajstić information content (AvgIpc) is 3.44. The molecule has 37 heavy (non-hydrogen) atoms. The molecule has 2 atom stereocenters. The number of hydrogen-bond acceptors (Lipinski definition) is 8. The first-order valence-corrected chi connectivity index (χ1v) is 11.8. The predicted molar refractivity (Wildman–Crippen MR) is 135 cm³/mol. The van der Waals surface area contributed by atoms with E-state index in [0.29, 0.717) is 11.4 Å². The van der Waals surface area contributed by atoms with E-state index >= 15 is 0 Å². The number of allylic oxidation sites excluding steroid dienone is 1. The Morgan fingerprint density at radius 3 is 1.51 bits per heavy atom. The minimum atomic E-state index is -1.31. The van der Waals surface area contributed by atoms with Gasteiger partial charge < -0.3 is 9.47 Å². The summed E-state index contributed by atoms with van der Waals surface area (Å²) >= 11 is 0. The molecule has 0 spiro atoms. The summed E-state index contributed by atoms with van der Waals surface area (Å²) < 4.78 is 10.3. The number of carbonyl (C=O) groups excluding carboxylic acids is 4. The molecule has 10 heteroatoms. The number of hydrogen-bond donors (Lipinski definition) is 0. The topological polar surface area (TPSA) is 118 Å². The zero-order chi connectivity index (χ0) is 26.5. The smallest absolute Gasteiger partial charge is 0.355 e. The van der Waals surface area contributed by atoms with Crippen LogP contribution in [0.15, 0.2) is 76.9 Å². The van der Waals surface area contributed by atoms with Crippen LogP contribution in [0.5, 0.6) is 0 Å². The van der Waals surface area contributed by atoms with Gasteiger partial charge in [0.25, 0.3) is 11.8 Å². The van der Waals surface area contributed by atoms with Gasteiger partial charge in [-0.05, 0) is 38.1 Å². The minimum Gasteiger partial charge on any atom is -0.461 e. The average molecular weight is 502 g/mol. The molecule has 2 aromatic carbocycles. The van der Waals surface area contributed by atoms with Crippen molar-refractivity contribution in [2.45, 2.75) is 13.8 Å².